The zero-order valence-corrected chi connectivity index (χ0v) is 16.2. The minimum atomic E-state index is -0.195. The van der Waals surface area contributed by atoms with E-state index in [0.717, 1.165) is 48.1 Å². The Kier molecular flexibility index (Phi) is 4.67. The van der Waals surface area contributed by atoms with Crippen LogP contribution < -0.4 is 4.74 Å². The van der Waals surface area contributed by atoms with Gasteiger partial charge in [-0.15, -0.1) is 0 Å². The second-order valence-electron chi connectivity index (χ2n) is 7.96. The van der Waals surface area contributed by atoms with Crippen LogP contribution in [0.2, 0.25) is 0 Å². The number of rotatable bonds is 3. The van der Waals surface area contributed by atoms with E-state index >= 15 is 0 Å². The third-order valence-electron chi connectivity index (χ3n) is 6.22. The normalized spacial score (nSPS) is 24.1. The Morgan fingerprint density at radius 1 is 1.04 bits per heavy atom. The highest BCUT2D eigenvalue weighted by Gasteiger charge is 2.43. The molecule has 3 atom stereocenters. The zero-order chi connectivity index (χ0) is 19.1. The van der Waals surface area contributed by atoms with E-state index in [9.17, 15) is 9.18 Å². The summed E-state index contributed by atoms with van der Waals surface area (Å²) >= 11 is 0. The van der Waals surface area contributed by atoms with Crippen LogP contribution in [0.1, 0.15) is 58.6 Å². The minimum absolute atomic E-state index is 0.133. The van der Waals surface area contributed by atoms with Crippen molar-refractivity contribution in [3.8, 4) is 5.75 Å². The first-order valence-electron chi connectivity index (χ1n) is 9.71. The summed E-state index contributed by atoms with van der Waals surface area (Å²) in [7, 11) is 1.66. The number of halogens is 1. The van der Waals surface area contributed by atoms with Gasteiger partial charge in [0.1, 0.15) is 11.6 Å². The van der Waals surface area contributed by atoms with Gasteiger partial charge in [0.15, 0.2) is 0 Å². The fraction of sp³-hybridized carbons (Fsp3) is 0.435. The molecule has 4 heteroatoms. The number of hydrogen-bond acceptors (Lipinski definition) is 2. The molecule has 0 radical (unpaired) electrons. The number of ether oxygens (including phenoxy) is 1. The molecule has 0 spiro atoms. The molecule has 2 aromatic rings. The van der Waals surface area contributed by atoms with Gasteiger partial charge in [-0.25, -0.2) is 4.39 Å². The maximum atomic E-state index is 13.3. The van der Waals surface area contributed by atoms with Gasteiger partial charge in [-0.2, -0.15) is 0 Å². The van der Waals surface area contributed by atoms with E-state index in [0.29, 0.717) is 5.92 Å². The van der Waals surface area contributed by atoms with E-state index in [1.165, 1.54) is 17.7 Å². The molecule has 142 valence electrons. The van der Waals surface area contributed by atoms with E-state index in [1.807, 2.05) is 38.1 Å². The molecule has 2 fully saturated rings. The van der Waals surface area contributed by atoms with Crippen LogP contribution in [-0.2, 0) is 0 Å². The van der Waals surface area contributed by atoms with Crippen molar-refractivity contribution in [1.29, 1.82) is 0 Å². The van der Waals surface area contributed by atoms with Gasteiger partial charge in [0.2, 0.25) is 0 Å². The second kappa shape index (κ2) is 6.99. The third kappa shape index (κ3) is 3.22. The van der Waals surface area contributed by atoms with Crippen molar-refractivity contribution >= 4 is 5.91 Å². The first kappa shape index (κ1) is 18.0. The molecule has 27 heavy (non-hydrogen) atoms. The summed E-state index contributed by atoms with van der Waals surface area (Å²) in [6.07, 6.45) is 4.04. The van der Waals surface area contributed by atoms with Crippen LogP contribution in [0.4, 0.5) is 4.39 Å². The lowest BCUT2D eigenvalue weighted by atomic mass is 9.84. The third-order valence-corrected chi connectivity index (χ3v) is 6.22. The van der Waals surface area contributed by atoms with E-state index in [1.54, 1.807) is 7.11 Å². The molecule has 2 aliphatic rings. The molecule has 2 aromatic carbocycles. The number of nitrogens with zero attached hydrogens (tertiary/aromatic N) is 1. The van der Waals surface area contributed by atoms with Crippen LogP contribution in [0.15, 0.2) is 36.4 Å². The molecule has 1 amide bonds. The van der Waals surface area contributed by atoms with Gasteiger partial charge < -0.3 is 9.64 Å². The van der Waals surface area contributed by atoms with Gasteiger partial charge in [-0.05, 0) is 86.4 Å². The Balaban J connectivity index is 1.56. The minimum Gasteiger partial charge on any atom is -0.496 e. The number of methoxy groups -OCH3 is 1. The Hall–Kier alpha value is -2.36. The van der Waals surface area contributed by atoms with Crippen LogP contribution in [0.5, 0.6) is 5.75 Å². The lowest BCUT2D eigenvalue weighted by Crippen LogP contribution is -2.46. The predicted molar refractivity (Wildman–Crippen MR) is 104 cm³/mol. The van der Waals surface area contributed by atoms with Gasteiger partial charge in [0.05, 0.1) is 7.11 Å². The number of piperidine rings is 1. The number of hydrogen-bond donors (Lipinski definition) is 0. The number of amides is 1. The Bertz CT molecular complexity index is 824. The van der Waals surface area contributed by atoms with Crippen molar-refractivity contribution < 1.29 is 13.9 Å². The van der Waals surface area contributed by atoms with Gasteiger partial charge in [-0.1, -0.05) is 12.1 Å². The number of carbonyl (C=O) groups is 1. The number of fused-ring (bicyclic) bond motifs is 2. The highest BCUT2D eigenvalue weighted by atomic mass is 19.1. The Morgan fingerprint density at radius 2 is 1.59 bits per heavy atom. The van der Waals surface area contributed by atoms with Crippen molar-refractivity contribution in [1.82, 2.24) is 4.90 Å². The maximum absolute atomic E-state index is 13.3. The fourth-order valence-electron chi connectivity index (χ4n) is 5.06. The molecule has 4 rings (SSSR count). The molecule has 2 heterocycles. The van der Waals surface area contributed by atoms with E-state index < -0.39 is 0 Å². The van der Waals surface area contributed by atoms with Crippen molar-refractivity contribution in [3.05, 3.63) is 64.5 Å². The fourth-order valence-corrected chi connectivity index (χ4v) is 5.06. The maximum Gasteiger partial charge on any atom is 0.254 e. The molecule has 0 saturated carbocycles. The smallest absolute Gasteiger partial charge is 0.254 e. The number of aryl methyl sites for hydroxylation is 2. The second-order valence-corrected chi connectivity index (χ2v) is 7.96. The van der Waals surface area contributed by atoms with Crippen LogP contribution >= 0.6 is 0 Å². The molecule has 2 aliphatic heterocycles. The largest absolute Gasteiger partial charge is 0.496 e. The van der Waals surface area contributed by atoms with Crippen molar-refractivity contribution in [2.45, 2.75) is 57.5 Å². The van der Waals surface area contributed by atoms with Crippen molar-refractivity contribution in [2.75, 3.05) is 7.11 Å². The summed E-state index contributed by atoms with van der Waals surface area (Å²) in [6.45, 7) is 3.97. The van der Waals surface area contributed by atoms with Gasteiger partial charge in [-0.3, -0.25) is 4.79 Å². The first-order chi connectivity index (χ1) is 13.0. The monoisotopic (exact) mass is 367 g/mol. The SMILES string of the molecule is COc1c(C)cc(C(=O)N2[C@@H]3CC[C@H]2C[C@@H](c2ccc(F)cc2)C3)cc1C. The quantitative estimate of drug-likeness (QED) is 0.764. The zero-order valence-electron chi connectivity index (χ0n) is 16.2. The highest BCUT2D eigenvalue weighted by molar-refractivity contribution is 5.95. The average molecular weight is 367 g/mol. The molecule has 0 aliphatic carbocycles. The summed E-state index contributed by atoms with van der Waals surface area (Å²) < 4.78 is 18.7. The Labute approximate surface area is 160 Å². The summed E-state index contributed by atoms with van der Waals surface area (Å²) in [5, 5.41) is 0. The van der Waals surface area contributed by atoms with Crippen LogP contribution in [0.25, 0.3) is 0 Å². The van der Waals surface area contributed by atoms with E-state index in [2.05, 4.69) is 4.90 Å². The number of benzene rings is 2. The topological polar surface area (TPSA) is 29.5 Å². The first-order valence-corrected chi connectivity index (χ1v) is 9.71. The van der Waals surface area contributed by atoms with Crippen molar-refractivity contribution in [3.63, 3.8) is 0 Å². The molecular weight excluding hydrogens is 341 g/mol. The molecule has 0 N–H and O–H groups in total. The molecule has 2 saturated heterocycles. The lowest BCUT2D eigenvalue weighted by Gasteiger charge is -2.39. The van der Waals surface area contributed by atoms with Crippen LogP contribution in [-0.4, -0.2) is 30.0 Å². The van der Waals surface area contributed by atoms with Gasteiger partial charge >= 0.3 is 0 Å². The lowest BCUT2D eigenvalue weighted by molar-refractivity contribution is 0.0571. The number of carbonyl (C=O) groups excluding carboxylic acids is 1. The predicted octanol–water partition coefficient (Wildman–Crippen LogP) is 5.00. The summed E-state index contributed by atoms with van der Waals surface area (Å²) in [6, 6.07) is 11.3. The standard InChI is InChI=1S/C23H26FNO2/c1-14-10-18(11-15(2)22(14)27-3)23(26)25-20-8-9-21(25)13-17(12-20)16-4-6-19(24)7-5-16/h4-7,10-11,17,20-21H,8-9,12-13H2,1-3H3/t17-,20+,21-. The van der Waals surface area contributed by atoms with E-state index in [4.69, 9.17) is 4.74 Å². The molecule has 3 nitrogen and oxygen atoms in total. The van der Waals surface area contributed by atoms with Gasteiger partial charge in [0.25, 0.3) is 5.91 Å². The van der Waals surface area contributed by atoms with E-state index in [-0.39, 0.29) is 23.8 Å². The van der Waals surface area contributed by atoms with Crippen LogP contribution in [0.3, 0.4) is 0 Å². The van der Waals surface area contributed by atoms with Crippen molar-refractivity contribution in [2.24, 2.45) is 0 Å². The highest BCUT2D eigenvalue weighted by Crippen LogP contribution is 2.44. The molecule has 2 bridgehead atoms. The molecular formula is C23H26FNO2. The molecule has 0 unspecified atom stereocenters. The Morgan fingerprint density at radius 3 is 2.11 bits per heavy atom. The molecule has 0 aromatic heterocycles. The average Bonchev–Trinajstić information content (AvgIpc) is 2.91. The summed E-state index contributed by atoms with van der Waals surface area (Å²) in [5.41, 5.74) is 3.93. The van der Waals surface area contributed by atoms with Crippen LogP contribution in [0, 0.1) is 19.7 Å². The van der Waals surface area contributed by atoms with Gasteiger partial charge in [0, 0.05) is 17.6 Å². The summed E-state index contributed by atoms with van der Waals surface area (Å²) in [4.78, 5) is 15.4. The summed E-state index contributed by atoms with van der Waals surface area (Å²) in [5.74, 6) is 1.20.